The summed E-state index contributed by atoms with van der Waals surface area (Å²) in [6.45, 7) is 4.09. The molecule has 0 amide bonds. The van der Waals surface area contributed by atoms with Crippen molar-refractivity contribution in [1.82, 2.24) is 5.32 Å². The minimum atomic E-state index is -0.936. The predicted octanol–water partition coefficient (Wildman–Crippen LogP) is 2.96. The van der Waals surface area contributed by atoms with Gasteiger partial charge in [0, 0.05) is 30.0 Å². The van der Waals surface area contributed by atoms with Crippen LogP contribution in [-0.2, 0) is 11.2 Å². The first-order valence-corrected chi connectivity index (χ1v) is 10.4. The predicted molar refractivity (Wildman–Crippen MR) is 122 cm³/mol. The number of rotatable bonds is 8. The van der Waals surface area contributed by atoms with Gasteiger partial charge in [0.1, 0.15) is 5.84 Å². The largest absolute Gasteiger partial charge is 0.479 e. The van der Waals surface area contributed by atoms with Crippen molar-refractivity contribution < 1.29 is 9.90 Å². The summed E-state index contributed by atoms with van der Waals surface area (Å²) in [5.74, 6) is -0.952. The molecule has 7 nitrogen and oxygen atoms in total. The highest BCUT2D eigenvalue weighted by molar-refractivity contribution is 5.95. The van der Waals surface area contributed by atoms with E-state index in [-0.39, 0.29) is 5.84 Å². The number of hydrogen-bond donors (Lipinski definition) is 5. The Morgan fingerprint density at radius 1 is 1.27 bits per heavy atom. The second-order valence-electron chi connectivity index (χ2n) is 7.79. The van der Waals surface area contributed by atoms with E-state index in [2.05, 4.69) is 35.6 Å². The normalized spacial score (nSPS) is 15.4. The first kappa shape index (κ1) is 21.6. The lowest BCUT2D eigenvalue weighted by Crippen LogP contribution is -2.41. The van der Waals surface area contributed by atoms with Gasteiger partial charge in [-0.1, -0.05) is 13.0 Å². The van der Waals surface area contributed by atoms with E-state index >= 15 is 0 Å². The van der Waals surface area contributed by atoms with Gasteiger partial charge in [-0.25, -0.2) is 4.79 Å². The molecule has 1 unspecified atom stereocenters. The van der Waals surface area contributed by atoms with Crippen LogP contribution in [0.1, 0.15) is 42.5 Å². The number of aliphatic carboxylic acids is 1. The molecule has 30 heavy (non-hydrogen) atoms. The molecular weight excluding hydrogens is 378 g/mol. The summed E-state index contributed by atoms with van der Waals surface area (Å²) >= 11 is 0. The Bertz CT molecular complexity index is 891. The van der Waals surface area contributed by atoms with E-state index in [0.717, 1.165) is 49.2 Å². The Labute approximate surface area is 177 Å². The Morgan fingerprint density at radius 3 is 2.50 bits per heavy atom. The molecule has 0 bridgehead atoms. The van der Waals surface area contributed by atoms with Crippen molar-refractivity contribution in [3.63, 3.8) is 0 Å². The highest BCUT2D eigenvalue weighted by Gasteiger charge is 2.23. The second-order valence-corrected chi connectivity index (χ2v) is 7.79. The van der Waals surface area contributed by atoms with Crippen molar-refractivity contribution in [2.75, 3.05) is 30.4 Å². The molecule has 0 aliphatic carbocycles. The molecule has 1 heterocycles. The molecule has 6 N–H and O–H groups in total. The third-order valence-electron chi connectivity index (χ3n) is 5.76. The maximum absolute atomic E-state index is 12.1. The summed E-state index contributed by atoms with van der Waals surface area (Å²) in [6, 6.07) is 12.6. The molecule has 7 heteroatoms. The third kappa shape index (κ3) is 5.10. The number of amidine groups is 1. The zero-order valence-electron chi connectivity index (χ0n) is 17.6. The van der Waals surface area contributed by atoms with Crippen LogP contribution in [0.4, 0.5) is 11.4 Å². The lowest BCUT2D eigenvalue weighted by molar-refractivity contribution is -0.138. The van der Waals surface area contributed by atoms with Crippen molar-refractivity contribution in [1.29, 1.82) is 5.41 Å². The van der Waals surface area contributed by atoms with E-state index in [1.54, 1.807) is 24.3 Å². The Balaban J connectivity index is 1.89. The van der Waals surface area contributed by atoms with Crippen molar-refractivity contribution in [2.45, 2.75) is 38.3 Å². The summed E-state index contributed by atoms with van der Waals surface area (Å²) < 4.78 is 0. The van der Waals surface area contributed by atoms with E-state index in [4.69, 9.17) is 11.1 Å². The fourth-order valence-electron chi connectivity index (χ4n) is 3.88. The molecule has 2 aromatic rings. The van der Waals surface area contributed by atoms with Crippen molar-refractivity contribution in [3.8, 4) is 0 Å². The molecule has 2 aromatic carbocycles. The number of carboxylic acid groups (broad SMARTS) is 1. The maximum Gasteiger partial charge on any atom is 0.330 e. The van der Waals surface area contributed by atoms with E-state index in [0.29, 0.717) is 17.3 Å². The molecule has 0 aromatic heterocycles. The molecule has 0 radical (unpaired) electrons. The minimum Gasteiger partial charge on any atom is -0.479 e. The number of nitrogens with zero attached hydrogens (tertiary/aromatic N) is 1. The third-order valence-corrected chi connectivity index (χ3v) is 5.76. The van der Waals surface area contributed by atoms with Gasteiger partial charge in [0.25, 0.3) is 0 Å². The zero-order chi connectivity index (χ0) is 21.7. The van der Waals surface area contributed by atoms with Crippen LogP contribution >= 0.6 is 0 Å². The lowest BCUT2D eigenvalue weighted by Gasteiger charge is -2.34. The van der Waals surface area contributed by atoms with Crippen LogP contribution in [0.3, 0.4) is 0 Å². The van der Waals surface area contributed by atoms with Gasteiger partial charge >= 0.3 is 5.97 Å². The Kier molecular flexibility index (Phi) is 6.95. The highest BCUT2D eigenvalue weighted by Crippen LogP contribution is 2.28. The monoisotopic (exact) mass is 409 g/mol. The fourth-order valence-corrected chi connectivity index (χ4v) is 3.88. The molecule has 1 atom stereocenters. The SMILES string of the molecule is CCc1cc(C(Nc2ccc(C(=N)N)cc2)C(=O)O)cc(N(C)C2CCNCC2)c1. The van der Waals surface area contributed by atoms with Crippen LogP contribution in [0.15, 0.2) is 42.5 Å². The summed E-state index contributed by atoms with van der Waals surface area (Å²) in [5, 5.41) is 23.9. The average molecular weight is 410 g/mol. The van der Waals surface area contributed by atoms with E-state index in [9.17, 15) is 9.90 Å². The van der Waals surface area contributed by atoms with Crippen LogP contribution < -0.4 is 21.3 Å². The number of aryl methyl sites for hydroxylation is 1. The Hall–Kier alpha value is -3.06. The zero-order valence-corrected chi connectivity index (χ0v) is 17.6. The van der Waals surface area contributed by atoms with E-state index < -0.39 is 12.0 Å². The lowest BCUT2D eigenvalue weighted by atomic mass is 9.98. The van der Waals surface area contributed by atoms with Crippen molar-refractivity contribution in [2.24, 2.45) is 5.73 Å². The van der Waals surface area contributed by atoms with Gasteiger partial charge < -0.3 is 26.4 Å². The number of hydrogen-bond acceptors (Lipinski definition) is 5. The summed E-state index contributed by atoms with van der Waals surface area (Å²) in [7, 11) is 2.10. The molecule has 3 rings (SSSR count). The minimum absolute atomic E-state index is 0.0161. The first-order valence-electron chi connectivity index (χ1n) is 10.4. The molecular formula is C23H31N5O2. The van der Waals surface area contributed by atoms with Crippen LogP contribution in [0.2, 0.25) is 0 Å². The van der Waals surface area contributed by atoms with Gasteiger partial charge in [-0.05, 0) is 79.9 Å². The van der Waals surface area contributed by atoms with Gasteiger partial charge in [-0.15, -0.1) is 0 Å². The molecule has 160 valence electrons. The van der Waals surface area contributed by atoms with Gasteiger partial charge in [-0.2, -0.15) is 0 Å². The van der Waals surface area contributed by atoms with Crippen LogP contribution in [-0.4, -0.2) is 43.1 Å². The van der Waals surface area contributed by atoms with E-state index in [1.807, 2.05) is 12.1 Å². The van der Waals surface area contributed by atoms with Gasteiger partial charge in [-0.3, -0.25) is 5.41 Å². The quantitative estimate of drug-likeness (QED) is 0.338. The number of piperidine rings is 1. The molecule has 0 spiro atoms. The van der Waals surface area contributed by atoms with Gasteiger partial charge in [0.2, 0.25) is 0 Å². The Morgan fingerprint density at radius 2 is 1.93 bits per heavy atom. The van der Waals surface area contributed by atoms with Crippen LogP contribution in [0, 0.1) is 5.41 Å². The molecule has 0 saturated carbocycles. The summed E-state index contributed by atoms with van der Waals surface area (Å²) in [6.07, 6.45) is 2.98. The number of nitrogens with two attached hydrogens (primary N) is 1. The number of benzene rings is 2. The second kappa shape index (κ2) is 9.63. The van der Waals surface area contributed by atoms with Crippen molar-refractivity contribution >= 4 is 23.2 Å². The summed E-state index contributed by atoms with van der Waals surface area (Å²) in [5.41, 5.74) is 9.67. The molecule has 1 aliphatic heterocycles. The van der Waals surface area contributed by atoms with Crippen LogP contribution in [0.5, 0.6) is 0 Å². The maximum atomic E-state index is 12.1. The fraction of sp³-hybridized carbons (Fsp3) is 0.391. The number of nitrogen functional groups attached to an aromatic ring is 1. The topological polar surface area (TPSA) is 114 Å². The average Bonchev–Trinajstić information content (AvgIpc) is 2.77. The van der Waals surface area contributed by atoms with Crippen molar-refractivity contribution in [3.05, 3.63) is 59.2 Å². The number of carbonyl (C=O) groups is 1. The number of anilines is 2. The van der Waals surface area contributed by atoms with Crippen LogP contribution in [0.25, 0.3) is 0 Å². The van der Waals surface area contributed by atoms with E-state index in [1.165, 1.54) is 0 Å². The smallest absolute Gasteiger partial charge is 0.330 e. The molecule has 1 fully saturated rings. The van der Waals surface area contributed by atoms with Gasteiger partial charge in [0.15, 0.2) is 6.04 Å². The number of nitrogens with one attached hydrogen (secondary N) is 3. The molecule has 1 saturated heterocycles. The highest BCUT2D eigenvalue weighted by atomic mass is 16.4. The summed E-state index contributed by atoms with van der Waals surface area (Å²) in [4.78, 5) is 14.4. The molecule has 1 aliphatic rings. The van der Waals surface area contributed by atoms with Gasteiger partial charge in [0.05, 0.1) is 0 Å². The standard InChI is InChI=1S/C23H31N5O2/c1-3-15-12-17(14-20(13-15)28(2)19-8-10-26-11-9-19)21(23(29)30)27-18-6-4-16(5-7-18)22(24)25/h4-7,12-14,19,21,26-27H,3,8-11H2,1-2H3,(H3,24,25)(H,29,30). The first-order chi connectivity index (χ1) is 14.4. The number of carboxylic acids is 1.